The van der Waals surface area contributed by atoms with Crippen LogP contribution < -0.4 is 0 Å². The maximum atomic E-state index is 9.13. The van der Waals surface area contributed by atoms with Crippen LogP contribution in [0.4, 0.5) is 0 Å². The van der Waals surface area contributed by atoms with Crippen LogP contribution in [0.2, 0.25) is 0 Å². The highest BCUT2D eigenvalue weighted by Gasteiger charge is 2.15. The van der Waals surface area contributed by atoms with E-state index in [2.05, 4.69) is 6.07 Å². The Morgan fingerprint density at radius 3 is 2.78 bits per heavy atom. The monoisotopic (exact) mass is 119 g/mol. The van der Waals surface area contributed by atoms with Crippen molar-refractivity contribution in [1.29, 1.82) is 0 Å². The fraction of sp³-hybridized carbons (Fsp3) is 0.250. The lowest BCUT2D eigenvalue weighted by molar-refractivity contribution is 0.461. The Hall–Kier alpha value is -0.980. The SMILES string of the molecule is Oc1cc[c]c2c1CC2. The van der Waals surface area contributed by atoms with E-state index in [-0.39, 0.29) is 0 Å². The molecule has 0 amide bonds. The first-order valence-electron chi connectivity index (χ1n) is 3.09. The van der Waals surface area contributed by atoms with Crippen LogP contribution in [-0.2, 0) is 12.8 Å². The van der Waals surface area contributed by atoms with Gasteiger partial charge in [0.1, 0.15) is 5.75 Å². The van der Waals surface area contributed by atoms with Gasteiger partial charge in [0.2, 0.25) is 0 Å². The number of phenolic OH excluding ortho intramolecular Hbond substituents is 1. The van der Waals surface area contributed by atoms with E-state index in [4.69, 9.17) is 5.11 Å². The molecule has 1 nitrogen and oxygen atoms in total. The number of phenols is 1. The van der Waals surface area contributed by atoms with Crippen LogP contribution in [0.15, 0.2) is 12.1 Å². The lowest BCUT2D eigenvalue weighted by atomic mass is 9.88. The summed E-state index contributed by atoms with van der Waals surface area (Å²) in [4.78, 5) is 0. The molecule has 1 aliphatic carbocycles. The Bertz CT molecular complexity index is 226. The van der Waals surface area contributed by atoms with Gasteiger partial charge >= 0.3 is 0 Å². The number of aromatic hydroxyl groups is 1. The lowest BCUT2D eigenvalue weighted by Crippen LogP contribution is -2.07. The number of benzene rings is 1. The molecule has 0 saturated heterocycles. The number of rotatable bonds is 0. The maximum Gasteiger partial charge on any atom is 0.119 e. The van der Waals surface area contributed by atoms with E-state index in [1.165, 1.54) is 5.56 Å². The second-order valence-electron chi connectivity index (χ2n) is 2.32. The van der Waals surface area contributed by atoms with E-state index in [0.717, 1.165) is 18.4 Å². The minimum absolute atomic E-state index is 0.440. The summed E-state index contributed by atoms with van der Waals surface area (Å²) in [7, 11) is 0. The van der Waals surface area contributed by atoms with E-state index in [1.54, 1.807) is 12.1 Å². The van der Waals surface area contributed by atoms with Crippen molar-refractivity contribution in [2.24, 2.45) is 0 Å². The predicted octanol–water partition coefficient (Wildman–Crippen LogP) is 1.29. The van der Waals surface area contributed by atoms with Gasteiger partial charge in [-0.3, -0.25) is 0 Å². The van der Waals surface area contributed by atoms with Gasteiger partial charge in [-0.2, -0.15) is 0 Å². The summed E-state index contributed by atoms with van der Waals surface area (Å²) in [5, 5.41) is 9.13. The van der Waals surface area contributed by atoms with Gasteiger partial charge < -0.3 is 5.11 Å². The van der Waals surface area contributed by atoms with Crippen LogP contribution in [0.25, 0.3) is 0 Å². The standard InChI is InChI=1S/C8H7O/c9-8-3-1-2-6-4-5-7(6)8/h1,3,9H,4-5H2. The Morgan fingerprint density at radius 2 is 2.33 bits per heavy atom. The first kappa shape index (κ1) is 4.86. The summed E-state index contributed by atoms with van der Waals surface area (Å²) >= 11 is 0. The minimum Gasteiger partial charge on any atom is -0.508 e. The van der Waals surface area contributed by atoms with Crippen molar-refractivity contribution in [3.63, 3.8) is 0 Å². The van der Waals surface area contributed by atoms with E-state index < -0.39 is 0 Å². The van der Waals surface area contributed by atoms with Crippen molar-refractivity contribution in [1.82, 2.24) is 0 Å². The zero-order chi connectivity index (χ0) is 6.27. The smallest absolute Gasteiger partial charge is 0.119 e. The van der Waals surface area contributed by atoms with Gasteiger partial charge in [-0.15, -0.1) is 0 Å². The molecule has 0 atom stereocenters. The van der Waals surface area contributed by atoms with Crippen molar-refractivity contribution >= 4 is 0 Å². The maximum absolute atomic E-state index is 9.13. The number of fused-ring (bicyclic) bond motifs is 1. The molecular weight excluding hydrogens is 112 g/mol. The molecule has 0 spiro atoms. The molecular formula is C8H7O. The molecule has 45 valence electrons. The average molecular weight is 119 g/mol. The van der Waals surface area contributed by atoms with Gasteiger partial charge in [0, 0.05) is 0 Å². The fourth-order valence-electron chi connectivity index (χ4n) is 1.14. The molecule has 0 aliphatic heterocycles. The van der Waals surface area contributed by atoms with E-state index in [9.17, 15) is 0 Å². The molecule has 0 aromatic heterocycles. The second kappa shape index (κ2) is 1.50. The summed E-state index contributed by atoms with van der Waals surface area (Å²) in [6.07, 6.45) is 2.11. The molecule has 1 N–H and O–H groups in total. The third-order valence-electron chi connectivity index (χ3n) is 1.80. The minimum atomic E-state index is 0.440. The van der Waals surface area contributed by atoms with Crippen LogP contribution in [0, 0.1) is 6.07 Å². The van der Waals surface area contributed by atoms with Crippen LogP contribution in [-0.4, -0.2) is 5.11 Å². The molecule has 1 radical (unpaired) electrons. The van der Waals surface area contributed by atoms with E-state index >= 15 is 0 Å². The van der Waals surface area contributed by atoms with Gasteiger partial charge in [0.25, 0.3) is 0 Å². The van der Waals surface area contributed by atoms with Crippen molar-refractivity contribution in [3.8, 4) is 5.75 Å². The average Bonchev–Trinajstić information content (AvgIpc) is 1.74. The largest absolute Gasteiger partial charge is 0.508 e. The highest BCUT2D eigenvalue weighted by Crippen LogP contribution is 2.29. The lowest BCUT2D eigenvalue weighted by Gasteiger charge is -2.18. The highest BCUT2D eigenvalue weighted by atomic mass is 16.3. The third kappa shape index (κ3) is 0.545. The number of aryl methyl sites for hydroxylation is 1. The Balaban J connectivity index is 2.64. The number of hydrogen-bond donors (Lipinski definition) is 1. The van der Waals surface area contributed by atoms with Crippen molar-refractivity contribution in [2.75, 3.05) is 0 Å². The summed E-state index contributed by atoms with van der Waals surface area (Å²) < 4.78 is 0. The zero-order valence-electron chi connectivity index (χ0n) is 5.02. The van der Waals surface area contributed by atoms with Crippen LogP contribution in [0.3, 0.4) is 0 Å². The van der Waals surface area contributed by atoms with Crippen molar-refractivity contribution in [3.05, 3.63) is 29.3 Å². The molecule has 1 aromatic carbocycles. The summed E-state index contributed by atoms with van der Waals surface area (Å²) in [5.41, 5.74) is 2.28. The molecule has 1 aromatic rings. The van der Waals surface area contributed by atoms with Gasteiger partial charge in [0.05, 0.1) is 0 Å². The van der Waals surface area contributed by atoms with Gasteiger partial charge in [-0.1, -0.05) is 6.07 Å². The summed E-state index contributed by atoms with van der Waals surface area (Å²) in [6.45, 7) is 0. The molecule has 0 bridgehead atoms. The van der Waals surface area contributed by atoms with Gasteiger partial charge in [-0.25, -0.2) is 0 Å². The number of hydrogen-bond acceptors (Lipinski definition) is 1. The highest BCUT2D eigenvalue weighted by molar-refractivity contribution is 5.44. The Kier molecular flexibility index (Phi) is 0.810. The molecule has 9 heavy (non-hydrogen) atoms. The van der Waals surface area contributed by atoms with Crippen molar-refractivity contribution in [2.45, 2.75) is 12.8 Å². The quantitative estimate of drug-likeness (QED) is 0.545. The van der Waals surface area contributed by atoms with Crippen LogP contribution in [0.5, 0.6) is 5.75 Å². The Labute approximate surface area is 53.9 Å². The first-order valence-corrected chi connectivity index (χ1v) is 3.09. The second-order valence-corrected chi connectivity index (χ2v) is 2.32. The molecule has 2 rings (SSSR count). The molecule has 0 unspecified atom stereocenters. The summed E-state index contributed by atoms with van der Waals surface area (Å²) in [5.74, 6) is 0.440. The van der Waals surface area contributed by atoms with Crippen LogP contribution in [0.1, 0.15) is 11.1 Å². The molecule has 1 heteroatoms. The van der Waals surface area contributed by atoms with E-state index in [1.807, 2.05) is 0 Å². The molecule has 0 fully saturated rings. The first-order chi connectivity index (χ1) is 4.38. The molecule has 0 saturated carbocycles. The molecule has 0 heterocycles. The van der Waals surface area contributed by atoms with Gasteiger partial charge in [-0.05, 0) is 36.1 Å². The van der Waals surface area contributed by atoms with E-state index in [0.29, 0.717) is 5.75 Å². The predicted molar refractivity (Wildman–Crippen MR) is 34.4 cm³/mol. The normalized spacial score (nSPS) is 14.2. The summed E-state index contributed by atoms with van der Waals surface area (Å²) in [6, 6.07) is 6.53. The van der Waals surface area contributed by atoms with Crippen LogP contribution >= 0.6 is 0 Å². The Morgan fingerprint density at radius 1 is 1.44 bits per heavy atom. The van der Waals surface area contributed by atoms with Crippen molar-refractivity contribution < 1.29 is 5.11 Å². The van der Waals surface area contributed by atoms with Gasteiger partial charge in [0.15, 0.2) is 0 Å². The zero-order valence-corrected chi connectivity index (χ0v) is 5.02. The topological polar surface area (TPSA) is 20.2 Å². The fourth-order valence-corrected chi connectivity index (χ4v) is 1.14. The molecule has 1 aliphatic rings. The third-order valence-corrected chi connectivity index (χ3v) is 1.80.